The molecule has 0 aliphatic carbocycles. The maximum absolute atomic E-state index is 12.4. The van der Waals surface area contributed by atoms with Crippen molar-refractivity contribution in [1.29, 1.82) is 0 Å². The van der Waals surface area contributed by atoms with Gasteiger partial charge in [0.05, 0.1) is 29.3 Å². The van der Waals surface area contributed by atoms with Crippen molar-refractivity contribution in [3.63, 3.8) is 0 Å². The van der Waals surface area contributed by atoms with E-state index in [0.29, 0.717) is 17.9 Å². The molecule has 0 unspecified atom stereocenters. The minimum Gasteiger partial charge on any atom is -0.349 e. The molecule has 0 atom stereocenters. The lowest BCUT2D eigenvalue weighted by atomic mass is 10.1. The number of aromatic nitrogens is 3. The van der Waals surface area contributed by atoms with Crippen molar-refractivity contribution in [2.45, 2.75) is 34.2 Å². The first-order valence-electron chi connectivity index (χ1n) is 7.89. The van der Waals surface area contributed by atoms with Gasteiger partial charge in [-0.05, 0) is 33.3 Å². The summed E-state index contributed by atoms with van der Waals surface area (Å²) in [5.74, 6) is -0.434. The van der Waals surface area contributed by atoms with E-state index in [-0.39, 0.29) is 10.8 Å². The molecule has 0 spiro atoms. The van der Waals surface area contributed by atoms with Gasteiger partial charge in [0, 0.05) is 0 Å². The quantitative estimate of drug-likeness (QED) is 0.763. The van der Waals surface area contributed by atoms with Crippen LogP contribution in [-0.4, -0.2) is 20.8 Å². The Bertz CT molecular complexity index is 925. The molecule has 0 fully saturated rings. The number of rotatable bonds is 4. The number of benzene rings is 1. The molecule has 1 N–H and O–H groups in total. The van der Waals surface area contributed by atoms with Crippen molar-refractivity contribution in [3.05, 3.63) is 63.3 Å². The van der Waals surface area contributed by atoms with Crippen molar-refractivity contribution in [2.24, 2.45) is 0 Å². The molecule has 1 aromatic carbocycles. The topological polar surface area (TPSA) is 73.0 Å². The Morgan fingerprint density at radius 3 is 2.44 bits per heavy atom. The second-order valence-electron chi connectivity index (χ2n) is 6.05. The summed E-state index contributed by atoms with van der Waals surface area (Å²) < 4.78 is 6.87. The normalized spacial score (nSPS) is 10.9. The molecule has 2 aromatic heterocycles. The maximum atomic E-state index is 12.4. The SMILES string of the molecule is Cc1ccc(Cn2nc(C)c(NC(=O)c3onc(C)c3Cl)c2C)cc1. The number of hydrogen-bond acceptors (Lipinski definition) is 4. The molecule has 130 valence electrons. The van der Waals surface area contributed by atoms with Crippen molar-refractivity contribution >= 4 is 23.2 Å². The summed E-state index contributed by atoms with van der Waals surface area (Å²) in [5.41, 5.74) is 5.08. The van der Waals surface area contributed by atoms with Crippen LogP contribution in [0, 0.1) is 27.7 Å². The highest BCUT2D eigenvalue weighted by atomic mass is 35.5. The fourth-order valence-corrected chi connectivity index (χ4v) is 2.72. The fraction of sp³-hybridized carbons (Fsp3) is 0.278. The highest BCUT2D eigenvalue weighted by molar-refractivity contribution is 6.34. The van der Waals surface area contributed by atoms with Gasteiger partial charge in [0.1, 0.15) is 5.02 Å². The Hall–Kier alpha value is -2.60. The summed E-state index contributed by atoms with van der Waals surface area (Å²) in [4.78, 5) is 12.4. The van der Waals surface area contributed by atoms with Crippen molar-refractivity contribution < 1.29 is 9.32 Å². The zero-order chi connectivity index (χ0) is 18.1. The van der Waals surface area contributed by atoms with Gasteiger partial charge in [-0.15, -0.1) is 0 Å². The Morgan fingerprint density at radius 1 is 1.16 bits per heavy atom. The van der Waals surface area contributed by atoms with E-state index in [4.69, 9.17) is 16.1 Å². The van der Waals surface area contributed by atoms with Crippen LogP contribution in [0.2, 0.25) is 5.02 Å². The number of carbonyl (C=O) groups is 1. The summed E-state index contributed by atoms with van der Waals surface area (Å²) in [7, 11) is 0. The average Bonchev–Trinajstić information content (AvgIpc) is 3.04. The number of aryl methyl sites for hydroxylation is 3. The monoisotopic (exact) mass is 358 g/mol. The lowest BCUT2D eigenvalue weighted by Gasteiger charge is -2.07. The molecule has 6 nitrogen and oxygen atoms in total. The molecule has 0 radical (unpaired) electrons. The Labute approximate surface area is 150 Å². The molecule has 2 heterocycles. The number of nitrogens with one attached hydrogen (secondary N) is 1. The Kier molecular flexibility index (Phi) is 4.63. The largest absolute Gasteiger partial charge is 0.349 e. The zero-order valence-corrected chi connectivity index (χ0v) is 15.3. The average molecular weight is 359 g/mol. The molecule has 0 saturated heterocycles. The molecular weight excluding hydrogens is 340 g/mol. The predicted octanol–water partition coefficient (Wildman–Crippen LogP) is 4.06. The Balaban J connectivity index is 1.83. The molecule has 1 amide bonds. The smallest absolute Gasteiger partial charge is 0.295 e. The molecule has 7 heteroatoms. The molecular formula is C18H19ClN4O2. The van der Waals surface area contributed by atoms with E-state index in [1.54, 1.807) is 6.92 Å². The van der Waals surface area contributed by atoms with Crippen LogP contribution in [0.5, 0.6) is 0 Å². The van der Waals surface area contributed by atoms with Crippen molar-refractivity contribution in [1.82, 2.24) is 14.9 Å². The highest BCUT2D eigenvalue weighted by Crippen LogP contribution is 2.24. The molecule has 0 bridgehead atoms. The van der Waals surface area contributed by atoms with Gasteiger partial charge in [-0.3, -0.25) is 9.48 Å². The second kappa shape index (κ2) is 6.72. The van der Waals surface area contributed by atoms with E-state index in [1.807, 2.05) is 18.5 Å². The van der Waals surface area contributed by atoms with Crippen LogP contribution in [0.25, 0.3) is 0 Å². The molecule has 0 aliphatic heterocycles. The van der Waals surface area contributed by atoms with Gasteiger partial charge in [-0.1, -0.05) is 46.6 Å². The summed E-state index contributed by atoms with van der Waals surface area (Å²) in [6.07, 6.45) is 0. The van der Waals surface area contributed by atoms with E-state index in [9.17, 15) is 4.79 Å². The molecule has 25 heavy (non-hydrogen) atoms. The van der Waals surface area contributed by atoms with Gasteiger partial charge >= 0.3 is 0 Å². The second-order valence-corrected chi connectivity index (χ2v) is 6.43. The minimum absolute atomic E-state index is 0.00394. The van der Waals surface area contributed by atoms with Gasteiger partial charge in [0.2, 0.25) is 5.76 Å². The summed E-state index contributed by atoms with van der Waals surface area (Å²) in [6.45, 7) is 8.12. The van der Waals surface area contributed by atoms with Crippen molar-refractivity contribution in [3.8, 4) is 0 Å². The third kappa shape index (κ3) is 3.44. The zero-order valence-electron chi connectivity index (χ0n) is 14.6. The van der Waals surface area contributed by atoms with Gasteiger partial charge < -0.3 is 9.84 Å². The van der Waals surface area contributed by atoms with E-state index >= 15 is 0 Å². The van der Waals surface area contributed by atoms with Crippen LogP contribution in [0.1, 0.15) is 38.8 Å². The van der Waals surface area contributed by atoms with E-state index in [0.717, 1.165) is 17.0 Å². The first-order chi connectivity index (χ1) is 11.9. The van der Waals surface area contributed by atoms with Crippen LogP contribution in [0.15, 0.2) is 28.8 Å². The van der Waals surface area contributed by atoms with E-state index in [1.165, 1.54) is 5.56 Å². The van der Waals surface area contributed by atoms with Crippen LogP contribution < -0.4 is 5.32 Å². The molecule has 3 rings (SSSR count). The number of hydrogen-bond donors (Lipinski definition) is 1. The molecule has 0 aliphatic rings. The third-order valence-electron chi connectivity index (χ3n) is 4.07. The highest BCUT2D eigenvalue weighted by Gasteiger charge is 2.22. The predicted molar refractivity (Wildman–Crippen MR) is 96.2 cm³/mol. The van der Waals surface area contributed by atoms with Gasteiger partial charge in [-0.25, -0.2) is 0 Å². The van der Waals surface area contributed by atoms with Gasteiger partial charge in [0.25, 0.3) is 5.91 Å². The molecule has 0 saturated carbocycles. The number of halogens is 1. The van der Waals surface area contributed by atoms with Gasteiger partial charge in [0.15, 0.2) is 0 Å². The first-order valence-corrected chi connectivity index (χ1v) is 8.27. The lowest BCUT2D eigenvalue weighted by Crippen LogP contribution is -2.13. The maximum Gasteiger partial charge on any atom is 0.295 e. The first kappa shape index (κ1) is 17.2. The summed E-state index contributed by atoms with van der Waals surface area (Å²) in [6, 6.07) is 8.28. The number of carbonyl (C=O) groups excluding carboxylic acids is 1. The van der Waals surface area contributed by atoms with Crippen LogP contribution in [0.4, 0.5) is 5.69 Å². The van der Waals surface area contributed by atoms with Crippen LogP contribution in [0.3, 0.4) is 0 Å². The van der Waals surface area contributed by atoms with Crippen LogP contribution in [-0.2, 0) is 6.54 Å². The van der Waals surface area contributed by atoms with Crippen LogP contribution >= 0.6 is 11.6 Å². The van der Waals surface area contributed by atoms with Crippen molar-refractivity contribution in [2.75, 3.05) is 5.32 Å². The number of anilines is 1. The van der Waals surface area contributed by atoms with E-state index < -0.39 is 5.91 Å². The minimum atomic E-state index is -0.438. The van der Waals surface area contributed by atoms with E-state index in [2.05, 4.69) is 46.8 Å². The summed E-state index contributed by atoms with van der Waals surface area (Å²) in [5, 5.41) is 11.3. The molecule has 3 aromatic rings. The Morgan fingerprint density at radius 2 is 1.84 bits per heavy atom. The fourth-order valence-electron chi connectivity index (χ4n) is 2.57. The number of amides is 1. The lowest BCUT2D eigenvalue weighted by molar-refractivity contribution is 0.0988. The summed E-state index contributed by atoms with van der Waals surface area (Å²) >= 11 is 6.04. The third-order valence-corrected chi connectivity index (χ3v) is 4.52. The standard InChI is InChI=1S/C18H19ClN4O2/c1-10-5-7-14(8-6-10)9-23-13(4)16(12(3)21-23)20-18(24)17-15(19)11(2)22-25-17/h5-8H,9H2,1-4H3,(H,20,24). The van der Waals surface area contributed by atoms with Gasteiger partial charge in [-0.2, -0.15) is 5.10 Å². The number of nitrogens with zero attached hydrogens (tertiary/aromatic N) is 3.